The Bertz CT molecular complexity index is 551. The largest absolute Gasteiger partial charge is 0.452 e. The maximum absolute atomic E-state index is 12.0. The molecule has 0 aliphatic rings. The summed E-state index contributed by atoms with van der Waals surface area (Å²) >= 11 is 8.99. The van der Waals surface area contributed by atoms with Gasteiger partial charge in [-0.05, 0) is 51.8 Å². The first-order valence-electron chi connectivity index (χ1n) is 4.42. The lowest BCUT2D eigenvalue weighted by Crippen LogP contribution is -2.01. The predicted molar refractivity (Wildman–Crippen MR) is 65.7 cm³/mol. The number of furan rings is 1. The van der Waals surface area contributed by atoms with Gasteiger partial charge in [0.15, 0.2) is 5.78 Å². The van der Waals surface area contributed by atoms with Crippen LogP contribution in [0.2, 0.25) is 5.22 Å². The molecule has 1 aromatic heterocycles. The van der Waals surface area contributed by atoms with E-state index in [1.54, 1.807) is 18.2 Å². The average Bonchev–Trinajstić information content (AvgIpc) is 2.67. The van der Waals surface area contributed by atoms with Gasteiger partial charge in [-0.25, -0.2) is 0 Å². The monoisotopic (exact) mass is 299 g/mol. The van der Waals surface area contributed by atoms with Crippen molar-refractivity contribution >= 4 is 39.0 Å². The van der Waals surface area contributed by atoms with Crippen LogP contribution in [-0.4, -0.2) is 5.78 Å². The van der Waals surface area contributed by atoms with E-state index in [9.17, 15) is 4.79 Å². The highest BCUT2D eigenvalue weighted by molar-refractivity contribution is 9.10. The van der Waals surface area contributed by atoms with E-state index in [0.717, 1.165) is 0 Å². The lowest BCUT2D eigenvalue weighted by Gasteiger charge is -2.02. The summed E-state index contributed by atoms with van der Waals surface area (Å²) in [6, 6.07) is 6.49. The number of nitrogen functional groups attached to an aromatic ring is 1. The van der Waals surface area contributed by atoms with Crippen LogP contribution in [0.3, 0.4) is 0 Å². The summed E-state index contributed by atoms with van der Waals surface area (Å²) in [4.78, 5) is 12.0. The second-order valence-corrected chi connectivity index (χ2v) is 4.37. The van der Waals surface area contributed by atoms with Crippen molar-refractivity contribution in [2.24, 2.45) is 0 Å². The molecule has 5 heteroatoms. The molecule has 0 aliphatic heterocycles. The minimum Gasteiger partial charge on any atom is -0.452 e. The van der Waals surface area contributed by atoms with Gasteiger partial charge in [0.05, 0.1) is 11.8 Å². The second kappa shape index (κ2) is 4.31. The van der Waals surface area contributed by atoms with Gasteiger partial charge in [-0.15, -0.1) is 0 Å². The standard InChI is InChI=1S/C11H7BrClNO2/c12-8-5-6(1-2-9(8)14)10(15)7-3-4-16-11(7)13/h1-5H,14H2. The summed E-state index contributed by atoms with van der Waals surface area (Å²) in [5, 5.41) is 0.0953. The van der Waals surface area contributed by atoms with Gasteiger partial charge in [0.1, 0.15) is 0 Å². The molecule has 0 radical (unpaired) electrons. The average molecular weight is 301 g/mol. The quantitative estimate of drug-likeness (QED) is 0.682. The summed E-state index contributed by atoms with van der Waals surface area (Å²) in [6.07, 6.45) is 1.38. The Labute approximate surface area is 105 Å². The first kappa shape index (κ1) is 11.2. The number of hydrogen-bond donors (Lipinski definition) is 1. The summed E-state index contributed by atoms with van der Waals surface area (Å²) in [5.41, 5.74) is 7.06. The number of carbonyl (C=O) groups excluding carboxylic acids is 1. The number of halogens is 2. The van der Waals surface area contributed by atoms with Gasteiger partial charge in [0.25, 0.3) is 0 Å². The third-order valence-corrected chi connectivity index (χ3v) is 3.10. The van der Waals surface area contributed by atoms with Gasteiger partial charge in [-0.3, -0.25) is 4.79 Å². The molecule has 0 bridgehead atoms. The van der Waals surface area contributed by atoms with Gasteiger partial charge in [0.2, 0.25) is 5.22 Å². The topological polar surface area (TPSA) is 56.2 Å². The zero-order valence-electron chi connectivity index (χ0n) is 8.04. The lowest BCUT2D eigenvalue weighted by atomic mass is 10.1. The van der Waals surface area contributed by atoms with Crippen LogP contribution in [-0.2, 0) is 0 Å². The van der Waals surface area contributed by atoms with Crippen LogP contribution in [0, 0.1) is 0 Å². The zero-order valence-corrected chi connectivity index (χ0v) is 10.4. The lowest BCUT2D eigenvalue weighted by molar-refractivity contribution is 0.103. The fourth-order valence-electron chi connectivity index (χ4n) is 1.28. The normalized spacial score (nSPS) is 10.4. The van der Waals surface area contributed by atoms with E-state index in [0.29, 0.717) is 21.3 Å². The van der Waals surface area contributed by atoms with E-state index in [4.69, 9.17) is 21.8 Å². The van der Waals surface area contributed by atoms with Gasteiger partial charge in [-0.1, -0.05) is 0 Å². The van der Waals surface area contributed by atoms with Crippen LogP contribution < -0.4 is 5.73 Å². The number of ketones is 1. The molecule has 2 N–H and O–H groups in total. The molecule has 0 saturated heterocycles. The van der Waals surface area contributed by atoms with Crippen molar-refractivity contribution in [1.82, 2.24) is 0 Å². The Kier molecular flexibility index (Phi) is 3.03. The Morgan fingerprint density at radius 2 is 2.12 bits per heavy atom. The van der Waals surface area contributed by atoms with E-state index in [1.807, 2.05) is 0 Å². The van der Waals surface area contributed by atoms with Crippen molar-refractivity contribution in [3.63, 3.8) is 0 Å². The van der Waals surface area contributed by atoms with Crippen LogP contribution >= 0.6 is 27.5 Å². The first-order chi connectivity index (χ1) is 7.59. The Morgan fingerprint density at radius 1 is 1.38 bits per heavy atom. The van der Waals surface area contributed by atoms with Crippen LogP contribution in [0.15, 0.2) is 39.4 Å². The molecule has 82 valence electrons. The molecule has 0 amide bonds. The number of benzene rings is 1. The van der Waals surface area contributed by atoms with Crippen LogP contribution in [0.1, 0.15) is 15.9 Å². The van der Waals surface area contributed by atoms with E-state index >= 15 is 0 Å². The molecular formula is C11H7BrClNO2. The molecule has 0 aliphatic carbocycles. The molecule has 16 heavy (non-hydrogen) atoms. The molecule has 3 nitrogen and oxygen atoms in total. The fraction of sp³-hybridized carbons (Fsp3) is 0. The maximum atomic E-state index is 12.0. The van der Waals surface area contributed by atoms with Crippen molar-refractivity contribution in [2.75, 3.05) is 5.73 Å². The van der Waals surface area contributed by atoms with Crippen LogP contribution in [0.25, 0.3) is 0 Å². The number of anilines is 1. The van der Waals surface area contributed by atoms with E-state index in [-0.39, 0.29) is 11.0 Å². The maximum Gasteiger partial charge on any atom is 0.204 e. The zero-order chi connectivity index (χ0) is 11.7. The first-order valence-corrected chi connectivity index (χ1v) is 5.59. The van der Waals surface area contributed by atoms with Crippen LogP contribution in [0.4, 0.5) is 5.69 Å². The van der Waals surface area contributed by atoms with Gasteiger partial charge in [0, 0.05) is 15.7 Å². The highest BCUT2D eigenvalue weighted by atomic mass is 79.9. The summed E-state index contributed by atoms with van der Waals surface area (Å²) < 4.78 is 5.55. The number of rotatable bonds is 2. The smallest absolute Gasteiger partial charge is 0.204 e. The summed E-state index contributed by atoms with van der Waals surface area (Å²) in [6.45, 7) is 0. The molecule has 2 rings (SSSR count). The third-order valence-electron chi connectivity index (χ3n) is 2.13. The highest BCUT2D eigenvalue weighted by Crippen LogP contribution is 2.25. The minimum absolute atomic E-state index is 0.0953. The van der Waals surface area contributed by atoms with Crippen molar-refractivity contribution < 1.29 is 9.21 Å². The molecule has 0 fully saturated rings. The van der Waals surface area contributed by atoms with Crippen molar-refractivity contribution in [3.8, 4) is 0 Å². The van der Waals surface area contributed by atoms with Gasteiger partial charge < -0.3 is 10.2 Å². The van der Waals surface area contributed by atoms with Crippen molar-refractivity contribution in [2.45, 2.75) is 0 Å². The summed E-state index contributed by atoms with van der Waals surface area (Å²) in [7, 11) is 0. The second-order valence-electron chi connectivity index (χ2n) is 3.17. The minimum atomic E-state index is -0.195. The number of hydrogen-bond acceptors (Lipinski definition) is 3. The highest BCUT2D eigenvalue weighted by Gasteiger charge is 2.15. The van der Waals surface area contributed by atoms with Crippen molar-refractivity contribution in [3.05, 3.63) is 51.3 Å². The molecule has 0 atom stereocenters. The molecule has 1 heterocycles. The molecular weight excluding hydrogens is 293 g/mol. The molecule has 2 aromatic rings. The molecule has 1 aromatic carbocycles. The number of nitrogens with two attached hydrogens (primary N) is 1. The summed E-state index contributed by atoms with van der Waals surface area (Å²) in [5.74, 6) is -0.195. The van der Waals surface area contributed by atoms with Gasteiger partial charge >= 0.3 is 0 Å². The Morgan fingerprint density at radius 3 is 2.69 bits per heavy atom. The van der Waals surface area contributed by atoms with Gasteiger partial charge in [-0.2, -0.15) is 0 Å². The third kappa shape index (κ3) is 1.99. The molecule has 0 saturated carbocycles. The predicted octanol–water partition coefficient (Wildman–Crippen LogP) is 3.51. The Balaban J connectivity index is 2.42. The fourth-order valence-corrected chi connectivity index (χ4v) is 1.86. The van der Waals surface area contributed by atoms with Crippen LogP contribution in [0.5, 0.6) is 0 Å². The Hall–Kier alpha value is -1.26. The molecule has 0 spiro atoms. The van der Waals surface area contributed by atoms with Crippen molar-refractivity contribution in [1.29, 1.82) is 0 Å². The van der Waals surface area contributed by atoms with E-state index < -0.39 is 0 Å². The number of carbonyl (C=O) groups is 1. The SMILES string of the molecule is Nc1ccc(C(=O)c2ccoc2Cl)cc1Br. The van der Waals surface area contributed by atoms with E-state index in [2.05, 4.69) is 15.9 Å². The van der Waals surface area contributed by atoms with E-state index in [1.165, 1.54) is 12.3 Å². The molecule has 0 unspecified atom stereocenters.